The molecule has 0 unspecified atom stereocenters. The highest BCUT2D eigenvalue weighted by molar-refractivity contribution is 7.26. The molecule has 0 spiro atoms. The van der Waals surface area contributed by atoms with Crippen molar-refractivity contribution in [1.82, 2.24) is 4.98 Å². The molecule has 2 heterocycles. The zero-order valence-electron chi connectivity index (χ0n) is 21.1. The van der Waals surface area contributed by atoms with E-state index in [4.69, 9.17) is 4.98 Å². The normalized spacial score (nSPS) is 11.6. The van der Waals surface area contributed by atoms with E-state index >= 15 is 0 Å². The zero-order valence-corrected chi connectivity index (χ0v) is 22.0. The van der Waals surface area contributed by atoms with Crippen molar-refractivity contribution in [3.05, 3.63) is 140 Å². The van der Waals surface area contributed by atoms with Crippen LogP contribution < -0.4 is 0 Å². The maximum atomic E-state index is 4.80. The van der Waals surface area contributed by atoms with Gasteiger partial charge >= 0.3 is 0 Å². The Balaban J connectivity index is 1.36. The van der Waals surface area contributed by atoms with Crippen molar-refractivity contribution in [2.45, 2.75) is 0 Å². The number of hydrogen-bond acceptors (Lipinski definition) is 2. The van der Waals surface area contributed by atoms with Gasteiger partial charge in [-0.15, -0.1) is 11.3 Å². The summed E-state index contributed by atoms with van der Waals surface area (Å²) in [6.07, 6.45) is 1.89. The Hall–Kier alpha value is -4.79. The minimum Gasteiger partial charge on any atom is -0.256 e. The predicted octanol–water partition coefficient (Wildman–Crippen LogP) is 10.8. The van der Waals surface area contributed by atoms with Crippen molar-refractivity contribution in [2.24, 2.45) is 0 Å². The van der Waals surface area contributed by atoms with E-state index in [9.17, 15) is 0 Å². The van der Waals surface area contributed by atoms with E-state index in [1.54, 1.807) is 0 Å². The Kier molecular flexibility index (Phi) is 5.07. The molecule has 182 valence electrons. The number of pyridine rings is 1. The van der Waals surface area contributed by atoms with Crippen molar-refractivity contribution < 1.29 is 0 Å². The van der Waals surface area contributed by atoms with Gasteiger partial charge < -0.3 is 0 Å². The molecule has 0 bridgehead atoms. The molecule has 0 fully saturated rings. The third-order valence-corrected chi connectivity index (χ3v) is 8.94. The molecule has 8 aromatic rings. The molecule has 2 aromatic heterocycles. The van der Waals surface area contributed by atoms with Gasteiger partial charge in [0.1, 0.15) is 0 Å². The van der Waals surface area contributed by atoms with Gasteiger partial charge in [-0.25, -0.2) is 0 Å². The molecule has 0 saturated heterocycles. The lowest BCUT2D eigenvalue weighted by atomic mass is 9.90. The molecule has 0 radical (unpaired) electrons. The first-order valence-electron chi connectivity index (χ1n) is 13.2. The molecule has 6 aromatic carbocycles. The number of benzene rings is 6. The van der Waals surface area contributed by atoms with Crippen LogP contribution >= 0.6 is 11.3 Å². The van der Waals surface area contributed by atoms with Crippen LogP contribution in [0.3, 0.4) is 0 Å². The maximum absolute atomic E-state index is 4.80. The van der Waals surface area contributed by atoms with Gasteiger partial charge in [-0.1, -0.05) is 115 Å². The molecule has 0 aliphatic rings. The van der Waals surface area contributed by atoms with Crippen molar-refractivity contribution in [3.8, 4) is 33.4 Å². The van der Waals surface area contributed by atoms with Crippen molar-refractivity contribution in [3.63, 3.8) is 0 Å². The van der Waals surface area contributed by atoms with E-state index in [2.05, 4.69) is 127 Å². The number of fused-ring (bicyclic) bond motifs is 6. The summed E-state index contributed by atoms with van der Waals surface area (Å²) in [7, 11) is 0. The van der Waals surface area contributed by atoms with Gasteiger partial charge in [0.15, 0.2) is 0 Å². The predicted molar refractivity (Wildman–Crippen MR) is 168 cm³/mol. The fourth-order valence-electron chi connectivity index (χ4n) is 5.92. The molecule has 1 nitrogen and oxygen atoms in total. The molecule has 0 amide bonds. The SMILES string of the molecule is c1ccc(-c2cccc3c2sc2ccc(-c4ccccc4-c4cccc5ccc6cccnc6c45)cc23)cc1. The summed E-state index contributed by atoms with van der Waals surface area (Å²) in [6, 6.07) is 48.2. The van der Waals surface area contributed by atoms with E-state index in [-0.39, 0.29) is 0 Å². The Morgan fingerprint density at radius 1 is 0.462 bits per heavy atom. The Morgan fingerprint density at radius 2 is 1.21 bits per heavy atom. The highest BCUT2D eigenvalue weighted by atomic mass is 32.1. The first-order valence-corrected chi connectivity index (χ1v) is 14.0. The lowest BCUT2D eigenvalue weighted by Crippen LogP contribution is -1.89. The second-order valence-electron chi connectivity index (χ2n) is 9.95. The molecule has 8 rings (SSSR count). The molecule has 0 aliphatic heterocycles. The minimum atomic E-state index is 1.05. The molecule has 0 atom stereocenters. The van der Waals surface area contributed by atoms with E-state index < -0.39 is 0 Å². The summed E-state index contributed by atoms with van der Waals surface area (Å²) in [5, 5.41) is 6.20. The van der Waals surface area contributed by atoms with E-state index in [1.807, 2.05) is 23.6 Å². The molecule has 0 saturated carbocycles. The average Bonchev–Trinajstić information content (AvgIpc) is 3.39. The fourth-order valence-corrected chi connectivity index (χ4v) is 7.14. The van der Waals surface area contributed by atoms with Crippen molar-refractivity contribution in [2.75, 3.05) is 0 Å². The van der Waals surface area contributed by atoms with Crippen LogP contribution in [0.25, 0.3) is 75.2 Å². The quantitative estimate of drug-likeness (QED) is 0.214. The van der Waals surface area contributed by atoms with Gasteiger partial charge in [0.25, 0.3) is 0 Å². The Bertz CT molecular complexity index is 2170. The summed E-state index contributed by atoms with van der Waals surface area (Å²) in [4.78, 5) is 4.80. The van der Waals surface area contributed by atoms with Crippen LogP contribution in [-0.2, 0) is 0 Å². The van der Waals surface area contributed by atoms with Gasteiger partial charge in [-0.2, -0.15) is 0 Å². The fraction of sp³-hybridized carbons (Fsp3) is 0. The van der Waals surface area contributed by atoms with Gasteiger partial charge in [-0.05, 0) is 57.0 Å². The third kappa shape index (κ3) is 3.57. The first kappa shape index (κ1) is 22.2. The van der Waals surface area contributed by atoms with Gasteiger partial charge in [0.2, 0.25) is 0 Å². The molecule has 39 heavy (non-hydrogen) atoms. The smallest absolute Gasteiger partial charge is 0.0786 e. The number of aromatic nitrogens is 1. The van der Waals surface area contributed by atoms with Crippen LogP contribution in [0, 0.1) is 0 Å². The molecular weight excluding hydrogens is 490 g/mol. The highest BCUT2D eigenvalue weighted by Crippen LogP contribution is 2.43. The van der Waals surface area contributed by atoms with E-state index in [1.165, 1.54) is 64.3 Å². The number of hydrogen-bond donors (Lipinski definition) is 0. The van der Waals surface area contributed by atoms with E-state index in [0.717, 1.165) is 10.9 Å². The Labute approximate surface area is 230 Å². The number of nitrogens with zero attached hydrogens (tertiary/aromatic N) is 1. The van der Waals surface area contributed by atoms with Crippen LogP contribution in [0.1, 0.15) is 0 Å². The van der Waals surface area contributed by atoms with Crippen molar-refractivity contribution in [1.29, 1.82) is 0 Å². The van der Waals surface area contributed by atoms with Crippen LogP contribution in [0.4, 0.5) is 0 Å². The second-order valence-corrected chi connectivity index (χ2v) is 11.0. The molecule has 2 heteroatoms. The molecular formula is C37H23NS. The largest absolute Gasteiger partial charge is 0.256 e. The summed E-state index contributed by atoms with van der Waals surface area (Å²) in [6.45, 7) is 0. The summed E-state index contributed by atoms with van der Waals surface area (Å²) < 4.78 is 2.66. The standard InChI is InChI=1S/C37H23NS/c1-2-9-24(10-3-1)29-15-7-17-32-33-23-27(20-21-34(33)39-37(29)32)28-13-4-5-14-30(28)31-16-6-11-25-18-19-26-12-8-22-38-36(26)35(25)31/h1-23H. The lowest BCUT2D eigenvalue weighted by Gasteiger charge is -2.14. The van der Waals surface area contributed by atoms with Crippen LogP contribution in [-0.4, -0.2) is 4.98 Å². The third-order valence-electron chi connectivity index (χ3n) is 7.72. The second kappa shape index (κ2) is 8.90. The van der Waals surface area contributed by atoms with Crippen LogP contribution in [0.5, 0.6) is 0 Å². The summed E-state index contributed by atoms with van der Waals surface area (Å²) in [5.41, 5.74) is 8.52. The molecule has 0 N–H and O–H groups in total. The topological polar surface area (TPSA) is 12.9 Å². The zero-order chi connectivity index (χ0) is 25.8. The summed E-state index contributed by atoms with van der Waals surface area (Å²) in [5.74, 6) is 0. The van der Waals surface area contributed by atoms with Gasteiger partial charge in [-0.3, -0.25) is 4.98 Å². The average molecular weight is 514 g/mol. The van der Waals surface area contributed by atoms with Gasteiger partial charge in [0, 0.05) is 37.1 Å². The van der Waals surface area contributed by atoms with E-state index in [0.29, 0.717) is 0 Å². The van der Waals surface area contributed by atoms with Gasteiger partial charge in [0.05, 0.1) is 5.52 Å². The maximum Gasteiger partial charge on any atom is 0.0786 e. The Morgan fingerprint density at radius 3 is 2.13 bits per heavy atom. The minimum absolute atomic E-state index is 1.05. The van der Waals surface area contributed by atoms with Crippen LogP contribution in [0.2, 0.25) is 0 Å². The lowest BCUT2D eigenvalue weighted by molar-refractivity contribution is 1.43. The number of thiophene rings is 1. The number of rotatable bonds is 3. The van der Waals surface area contributed by atoms with Crippen molar-refractivity contribution >= 4 is 53.2 Å². The van der Waals surface area contributed by atoms with Crippen LogP contribution in [0.15, 0.2) is 140 Å². The highest BCUT2D eigenvalue weighted by Gasteiger charge is 2.15. The monoisotopic (exact) mass is 513 g/mol. The summed E-state index contributed by atoms with van der Waals surface area (Å²) >= 11 is 1.88. The first-order chi connectivity index (χ1) is 19.3. The molecule has 0 aliphatic carbocycles.